The lowest BCUT2D eigenvalue weighted by atomic mass is 9.75. The predicted octanol–water partition coefficient (Wildman–Crippen LogP) is 4.23. The fourth-order valence-electron chi connectivity index (χ4n) is 4.65. The van der Waals surface area contributed by atoms with Crippen LogP contribution in [0.15, 0.2) is 60.7 Å². The van der Waals surface area contributed by atoms with E-state index in [4.69, 9.17) is 0 Å². The van der Waals surface area contributed by atoms with E-state index in [-0.39, 0.29) is 11.6 Å². The van der Waals surface area contributed by atoms with Crippen LogP contribution in [0.4, 0.5) is 11.4 Å². The number of hydrogen-bond acceptors (Lipinski definition) is 4. The number of para-hydroxylation sites is 2. The molecule has 4 nitrogen and oxygen atoms in total. The van der Waals surface area contributed by atoms with Gasteiger partial charge in [0.15, 0.2) is 0 Å². The number of Topliss-reactive ketones (excluding diaryl/α,β-unsaturated/α-hetero) is 2. The monoisotopic (exact) mass is 376 g/mol. The van der Waals surface area contributed by atoms with Crippen molar-refractivity contribution in [1.82, 2.24) is 4.90 Å². The highest BCUT2D eigenvalue weighted by atomic mass is 16.2. The van der Waals surface area contributed by atoms with Crippen LogP contribution in [0.2, 0.25) is 0 Å². The quantitative estimate of drug-likeness (QED) is 0.708. The number of carbonyl (C=O) groups excluding carboxylic acids is 2. The second-order valence-corrected chi connectivity index (χ2v) is 7.95. The fourth-order valence-corrected chi connectivity index (χ4v) is 4.65. The number of benzene rings is 2. The number of hydrogen-bond donors (Lipinski definition) is 0. The van der Waals surface area contributed by atoms with Crippen molar-refractivity contribution < 1.29 is 9.59 Å². The van der Waals surface area contributed by atoms with Crippen LogP contribution in [0, 0.1) is 5.41 Å². The second kappa shape index (κ2) is 8.27. The Kier molecular flexibility index (Phi) is 5.58. The first-order valence-corrected chi connectivity index (χ1v) is 10.4. The Bertz CT molecular complexity index is 754. The molecule has 4 heteroatoms. The van der Waals surface area contributed by atoms with E-state index >= 15 is 0 Å². The van der Waals surface area contributed by atoms with Crippen LogP contribution >= 0.6 is 0 Å². The van der Waals surface area contributed by atoms with Crippen LogP contribution in [-0.4, -0.2) is 42.6 Å². The smallest absolute Gasteiger partial charge is 0.146 e. The van der Waals surface area contributed by atoms with Gasteiger partial charge in [-0.25, -0.2) is 0 Å². The first-order valence-electron chi connectivity index (χ1n) is 10.4. The summed E-state index contributed by atoms with van der Waals surface area (Å²) in [5.41, 5.74) is 1.78. The maximum Gasteiger partial charge on any atom is 0.146 e. The van der Waals surface area contributed by atoms with Gasteiger partial charge in [0.2, 0.25) is 0 Å². The summed E-state index contributed by atoms with van der Waals surface area (Å²) < 4.78 is 0. The van der Waals surface area contributed by atoms with Gasteiger partial charge in [-0.3, -0.25) is 9.59 Å². The molecule has 2 aromatic carbocycles. The number of anilines is 2. The van der Waals surface area contributed by atoms with Crippen molar-refractivity contribution in [3.8, 4) is 0 Å². The summed E-state index contributed by atoms with van der Waals surface area (Å²) in [4.78, 5) is 29.3. The molecule has 2 fully saturated rings. The minimum Gasteiger partial charge on any atom is -0.341 e. The van der Waals surface area contributed by atoms with Crippen molar-refractivity contribution >= 4 is 22.9 Å². The molecule has 1 heterocycles. The van der Waals surface area contributed by atoms with E-state index < -0.39 is 5.41 Å². The molecule has 28 heavy (non-hydrogen) atoms. The van der Waals surface area contributed by atoms with Gasteiger partial charge in [0.05, 0.1) is 5.41 Å². The number of nitrogens with zero attached hydrogens (tertiary/aromatic N) is 2. The maximum atomic E-state index is 12.2. The van der Waals surface area contributed by atoms with Gasteiger partial charge in [0, 0.05) is 30.8 Å². The van der Waals surface area contributed by atoms with Gasteiger partial charge < -0.3 is 9.80 Å². The second-order valence-electron chi connectivity index (χ2n) is 7.95. The standard InChI is InChI=1S/C24H28N2O2/c27-22-12-13-23(28)24(22)14-18-25(19-15-24)16-7-17-26(20-8-3-1-4-9-20)21-10-5-2-6-11-21/h1-6,8-11H,7,12-19H2. The Hall–Kier alpha value is -2.46. The minimum absolute atomic E-state index is 0.191. The SMILES string of the molecule is O=C1CCC(=O)C12CCN(CCCN(c1ccccc1)c1ccccc1)CC2. The van der Waals surface area contributed by atoms with Gasteiger partial charge in [-0.1, -0.05) is 36.4 Å². The van der Waals surface area contributed by atoms with E-state index in [1.165, 1.54) is 11.4 Å². The summed E-state index contributed by atoms with van der Waals surface area (Å²) in [6.07, 6.45) is 3.39. The summed E-state index contributed by atoms with van der Waals surface area (Å²) in [7, 11) is 0. The molecule has 1 spiro atoms. The summed E-state index contributed by atoms with van der Waals surface area (Å²) >= 11 is 0. The van der Waals surface area contributed by atoms with Crippen molar-refractivity contribution in [2.45, 2.75) is 32.1 Å². The zero-order chi connectivity index (χ0) is 19.4. The van der Waals surface area contributed by atoms with Gasteiger partial charge in [0.1, 0.15) is 11.6 Å². The normalized spacial score (nSPS) is 19.3. The molecule has 0 amide bonds. The van der Waals surface area contributed by atoms with Crippen molar-refractivity contribution in [2.75, 3.05) is 31.1 Å². The van der Waals surface area contributed by atoms with Crippen LogP contribution in [0.1, 0.15) is 32.1 Å². The van der Waals surface area contributed by atoms with Gasteiger partial charge in [0.25, 0.3) is 0 Å². The lowest BCUT2D eigenvalue weighted by molar-refractivity contribution is -0.138. The Labute approximate surface area is 167 Å². The first-order chi connectivity index (χ1) is 13.7. The largest absolute Gasteiger partial charge is 0.341 e. The molecule has 0 atom stereocenters. The molecular formula is C24H28N2O2. The zero-order valence-electron chi connectivity index (χ0n) is 16.3. The van der Waals surface area contributed by atoms with Crippen molar-refractivity contribution in [3.05, 3.63) is 60.7 Å². The molecule has 4 rings (SSSR count). The maximum absolute atomic E-state index is 12.2. The lowest BCUT2D eigenvalue weighted by Crippen LogP contribution is -2.46. The Balaban J connectivity index is 1.35. The molecule has 1 aliphatic heterocycles. The van der Waals surface area contributed by atoms with Gasteiger partial charge >= 0.3 is 0 Å². The average molecular weight is 377 g/mol. The molecule has 0 radical (unpaired) electrons. The van der Waals surface area contributed by atoms with E-state index in [9.17, 15) is 9.59 Å². The van der Waals surface area contributed by atoms with Crippen LogP contribution < -0.4 is 4.90 Å². The Morgan fingerprint density at radius 1 is 0.786 bits per heavy atom. The van der Waals surface area contributed by atoms with Crippen molar-refractivity contribution in [2.24, 2.45) is 5.41 Å². The molecule has 0 aromatic heterocycles. The molecule has 0 unspecified atom stereocenters. The Morgan fingerprint density at radius 2 is 1.29 bits per heavy atom. The number of piperidine rings is 1. The van der Waals surface area contributed by atoms with Crippen molar-refractivity contribution in [3.63, 3.8) is 0 Å². The Morgan fingerprint density at radius 3 is 1.79 bits per heavy atom. The fraction of sp³-hybridized carbons (Fsp3) is 0.417. The molecule has 0 bridgehead atoms. The van der Waals surface area contributed by atoms with Gasteiger partial charge in [-0.05, 0) is 63.2 Å². The van der Waals surface area contributed by atoms with Gasteiger partial charge in [-0.15, -0.1) is 0 Å². The van der Waals surface area contributed by atoms with Crippen LogP contribution in [0.25, 0.3) is 0 Å². The highest BCUT2D eigenvalue weighted by molar-refractivity contribution is 6.12. The van der Waals surface area contributed by atoms with E-state index in [0.717, 1.165) is 32.6 Å². The summed E-state index contributed by atoms with van der Waals surface area (Å²) in [5.74, 6) is 0.382. The van der Waals surface area contributed by atoms with E-state index in [1.54, 1.807) is 0 Å². The summed E-state index contributed by atoms with van der Waals surface area (Å²) in [6.45, 7) is 3.64. The molecular weight excluding hydrogens is 348 g/mol. The average Bonchev–Trinajstić information content (AvgIpc) is 3.02. The zero-order valence-corrected chi connectivity index (χ0v) is 16.3. The topological polar surface area (TPSA) is 40.6 Å². The molecule has 1 saturated heterocycles. The molecule has 1 saturated carbocycles. The number of ketones is 2. The molecule has 0 N–H and O–H groups in total. The highest BCUT2D eigenvalue weighted by Crippen LogP contribution is 2.40. The predicted molar refractivity (Wildman–Crippen MR) is 112 cm³/mol. The van der Waals surface area contributed by atoms with E-state index in [0.29, 0.717) is 25.7 Å². The van der Waals surface area contributed by atoms with E-state index in [1.807, 2.05) is 12.1 Å². The summed E-state index contributed by atoms with van der Waals surface area (Å²) in [6, 6.07) is 21.0. The van der Waals surface area contributed by atoms with Crippen LogP contribution in [0.5, 0.6) is 0 Å². The van der Waals surface area contributed by atoms with Crippen LogP contribution in [0.3, 0.4) is 0 Å². The number of likely N-dealkylation sites (tertiary alicyclic amines) is 1. The molecule has 1 aliphatic carbocycles. The third kappa shape index (κ3) is 3.74. The summed E-state index contributed by atoms with van der Waals surface area (Å²) in [5, 5.41) is 0. The minimum atomic E-state index is -0.628. The highest BCUT2D eigenvalue weighted by Gasteiger charge is 2.50. The third-order valence-electron chi connectivity index (χ3n) is 6.35. The molecule has 2 aromatic rings. The molecule has 146 valence electrons. The third-order valence-corrected chi connectivity index (χ3v) is 6.35. The van der Waals surface area contributed by atoms with Gasteiger partial charge in [-0.2, -0.15) is 0 Å². The number of carbonyl (C=O) groups is 2. The lowest BCUT2D eigenvalue weighted by Gasteiger charge is -2.37. The first kappa shape index (κ1) is 18.9. The van der Waals surface area contributed by atoms with Crippen molar-refractivity contribution in [1.29, 1.82) is 0 Å². The van der Waals surface area contributed by atoms with E-state index in [2.05, 4.69) is 58.3 Å². The molecule has 2 aliphatic rings. The number of rotatable bonds is 6. The van der Waals surface area contributed by atoms with Crippen LogP contribution in [-0.2, 0) is 9.59 Å².